The number of benzene rings is 1. The van der Waals surface area contributed by atoms with Crippen molar-refractivity contribution in [1.29, 1.82) is 0 Å². The first-order chi connectivity index (χ1) is 11.5. The number of carboxylic acid groups (broad SMARTS) is 1. The van der Waals surface area contributed by atoms with Gasteiger partial charge in [-0.3, -0.25) is 4.79 Å². The van der Waals surface area contributed by atoms with Gasteiger partial charge in [0, 0.05) is 12.7 Å². The second-order valence-corrected chi connectivity index (χ2v) is 6.45. The van der Waals surface area contributed by atoms with Crippen LogP contribution in [0.5, 0.6) is 0 Å². The Bertz CT molecular complexity index is 775. The molecule has 0 aliphatic carbocycles. The molecular formula is C16H15BrFN3O3. The number of carbonyl (C=O) groups is 2. The van der Waals surface area contributed by atoms with Crippen LogP contribution in [0.15, 0.2) is 34.9 Å². The summed E-state index contributed by atoms with van der Waals surface area (Å²) in [4.78, 5) is 25.5. The van der Waals surface area contributed by atoms with Gasteiger partial charge in [0.25, 0.3) is 5.91 Å². The number of aromatic nitrogens is 2. The quantitative estimate of drug-likeness (QED) is 0.866. The molecule has 2 heterocycles. The summed E-state index contributed by atoms with van der Waals surface area (Å²) in [6.45, 7) is 0.394. The van der Waals surface area contributed by atoms with E-state index < -0.39 is 17.9 Å². The van der Waals surface area contributed by atoms with E-state index in [0.717, 1.165) is 12.8 Å². The molecule has 0 saturated carbocycles. The van der Waals surface area contributed by atoms with Crippen LogP contribution in [-0.4, -0.2) is 44.3 Å². The van der Waals surface area contributed by atoms with Gasteiger partial charge < -0.3 is 10.0 Å². The molecule has 6 nitrogen and oxygen atoms in total. The van der Waals surface area contributed by atoms with E-state index in [1.807, 2.05) is 0 Å². The van der Waals surface area contributed by atoms with Crippen molar-refractivity contribution >= 4 is 27.8 Å². The summed E-state index contributed by atoms with van der Waals surface area (Å²) >= 11 is 3.30. The molecule has 2 aromatic rings. The lowest BCUT2D eigenvalue weighted by molar-refractivity contribution is -0.143. The molecule has 126 valence electrons. The van der Waals surface area contributed by atoms with Crippen LogP contribution < -0.4 is 0 Å². The number of halogens is 2. The van der Waals surface area contributed by atoms with Crippen LogP contribution >= 0.6 is 15.9 Å². The monoisotopic (exact) mass is 395 g/mol. The average Bonchev–Trinajstić information content (AvgIpc) is 2.96. The van der Waals surface area contributed by atoms with E-state index >= 15 is 0 Å². The van der Waals surface area contributed by atoms with Crippen LogP contribution in [0.3, 0.4) is 0 Å². The maximum atomic E-state index is 13.0. The van der Waals surface area contributed by atoms with Gasteiger partial charge >= 0.3 is 5.97 Å². The SMILES string of the molecule is O=C(O)C1CCCCN1C(=O)c1nn(-c2ccc(F)cc2)cc1Br. The first-order valence-electron chi connectivity index (χ1n) is 7.52. The van der Waals surface area contributed by atoms with Gasteiger partial charge in [0.2, 0.25) is 0 Å². The van der Waals surface area contributed by atoms with E-state index in [4.69, 9.17) is 0 Å². The predicted octanol–water partition coefficient (Wildman–Crippen LogP) is 2.85. The molecule has 1 saturated heterocycles. The molecule has 3 rings (SSSR count). The maximum absolute atomic E-state index is 13.0. The van der Waals surface area contributed by atoms with Crippen molar-refractivity contribution in [3.63, 3.8) is 0 Å². The minimum atomic E-state index is -1.00. The number of aliphatic carboxylic acids is 1. The summed E-state index contributed by atoms with van der Waals surface area (Å²) in [6.07, 6.45) is 3.59. The third-order valence-corrected chi connectivity index (χ3v) is 4.59. The van der Waals surface area contributed by atoms with Gasteiger partial charge in [-0.25, -0.2) is 13.9 Å². The molecule has 0 radical (unpaired) electrons. The van der Waals surface area contributed by atoms with E-state index in [-0.39, 0.29) is 11.5 Å². The van der Waals surface area contributed by atoms with Gasteiger partial charge in [-0.15, -0.1) is 0 Å². The fourth-order valence-electron chi connectivity index (χ4n) is 2.79. The highest BCUT2D eigenvalue weighted by molar-refractivity contribution is 9.10. The van der Waals surface area contributed by atoms with E-state index in [0.29, 0.717) is 23.1 Å². The molecule has 1 aliphatic rings. The highest BCUT2D eigenvalue weighted by Gasteiger charge is 2.34. The summed E-state index contributed by atoms with van der Waals surface area (Å²) in [6, 6.07) is 4.87. The van der Waals surface area contributed by atoms with Crippen LogP contribution in [0, 0.1) is 5.82 Å². The molecule has 1 amide bonds. The highest BCUT2D eigenvalue weighted by atomic mass is 79.9. The summed E-state index contributed by atoms with van der Waals surface area (Å²) in [5.41, 5.74) is 0.747. The predicted molar refractivity (Wildman–Crippen MR) is 87.5 cm³/mol. The molecular weight excluding hydrogens is 381 g/mol. The third kappa shape index (κ3) is 3.19. The molecule has 1 fully saturated rings. The fraction of sp³-hybridized carbons (Fsp3) is 0.312. The van der Waals surface area contributed by atoms with Crippen molar-refractivity contribution in [2.45, 2.75) is 25.3 Å². The molecule has 1 atom stereocenters. The van der Waals surface area contributed by atoms with Gasteiger partial charge in [-0.1, -0.05) is 0 Å². The van der Waals surface area contributed by atoms with Crippen LogP contribution in [-0.2, 0) is 4.79 Å². The molecule has 1 unspecified atom stereocenters. The minimum absolute atomic E-state index is 0.146. The summed E-state index contributed by atoms with van der Waals surface area (Å²) in [5.74, 6) is -1.79. The average molecular weight is 396 g/mol. The standard InChI is InChI=1S/C16H15BrFN3O3/c17-12-9-21(11-6-4-10(18)5-7-11)19-14(12)15(22)20-8-2-1-3-13(20)16(23)24/h4-7,9,13H,1-3,8H2,(H,23,24). The lowest BCUT2D eigenvalue weighted by atomic mass is 10.0. The smallest absolute Gasteiger partial charge is 0.326 e. The Hall–Kier alpha value is -2.22. The molecule has 24 heavy (non-hydrogen) atoms. The lowest BCUT2D eigenvalue weighted by Gasteiger charge is -2.32. The fourth-order valence-corrected chi connectivity index (χ4v) is 3.23. The maximum Gasteiger partial charge on any atom is 0.326 e. The molecule has 0 spiro atoms. The van der Waals surface area contributed by atoms with E-state index in [2.05, 4.69) is 21.0 Å². The van der Waals surface area contributed by atoms with Gasteiger partial charge in [-0.05, 0) is 59.5 Å². The zero-order chi connectivity index (χ0) is 17.3. The normalized spacial score (nSPS) is 17.8. The zero-order valence-corrected chi connectivity index (χ0v) is 14.2. The number of piperidine rings is 1. The Kier molecular flexibility index (Phi) is 4.66. The Morgan fingerprint density at radius 2 is 1.96 bits per heavy atom. The zero-order valence-electron chi connectivity index (χ0n) is 12.7. The van der Waals surface area contributed by atoms with Crippen molar-refractivity contribution in [3.05, 3.63) is 46.4 Å². The van der Waals surface area contributed by atoms with Crippen LogP contribution in [0.4, 0.5) is 4.39 Å². The molecule has 0 bridgehead atoms. The summed E-state index contributed by atoms with van der Waals surface area (Å²) < 4.78 is 14.9. The van der Waals surface area contributed by atoms with Gasteiger partial charge in [0.1, 0.15) is 11.9 Å². The summed E-state index contributed by atoms with van der Waals surface area (Å²) in [5, 5.41) is 13.6. The van der Waals surface area contributed by atoms with Crippen LogP contribution in [0.25, 0.3) is 5.69 Å². The summed E-state index contributed by atoms with van der Waals surface area (Å²) in [7, 11) is 0. The van der Waals surface area contributed by atoms with Crippen molar-refractivity contribution < 1.29 is 19.1 Å². The second-order valence-electron chi connectivity index (χ2n) is 5.59. The molecule has 1 aliphatic heterocycles. The number of nitrogens with zero attached hydrogens (tertiary/aromatic N) is 3. The van der Waals surface area contributed by atoms with Crippen LogP contribution in [0.1, 0.15) is 29.8 Å². The topological polar surface area (TPSA) is 75.4 Å². The van der Waals surface area contributed by atoms with Crippen molar-refractivity contribution in [2.24, 2.45) is 0 Å². The first kappa shape index (κ1) is 16.6. The lowest BCUT2D eigenvalue weighted by Crippen LogP contribution is -2.48. The van der Waals surface area contributed by atoms with Crippen LogP contribution in [0.2, 0.25) is 0 Å². The minimum Gasteiger partial charge on any atom is -0.480 e. The van der Waals surface area contributed by atoms with Gasteiger partial charge in [0.15, 0.2) is 5.69 Å². The van der Waals surface area contributed by atoms with Gasteiger partial charge in [-0.2, -0.15) is 5.10 Å². The second kappa shape index (κ2) is 6.72. The first-order valence-corrected chi connectivity index (χ1v) is 8.31. The number of carboxylic acids is 1. The number of likely N-dealkylation sites (tertiary alicyclic amines) is 1. The number of hydrogen-bond donors (Lipinski definition) is 1. The van der Waals surface area contributed by atoms with E-state index in [1.165, 1.54) is 21.7 Å². The third-order valence-electron chi connectivity index (χ3n) is 4.01. The van der Waals surface area contributed by atoms with Gasteiger partial charge in [0.05, 0.1) is 10.2 Å². The Morgan fingerprint density at radius 1 is 1.25 bits per heavy atom. The largest absolute Gasteiger partial charge is 0.480 e. The van der Waals surface area contributed by atoms with Crippen molar-refractivity contribution in [3.8, 4) is 5.69 Å². The van der Waals surface area contributed by atoms with E-state index in [1.54, 1.807) is 18.3 Å². The van der Waals surface area contributed by atoms with E-state index in [9.17, 15) is 19.1 Å². The Balaban J connectivity index is 1.90. The molecule has 8 heteroatoms. The number of hydrogen-bond acceptors (Lipinski definition) is 3. The highest BCUT2D eigenvalue weighted by Crippen LogP contribution is 2.24. The molecule has 1 aromatic heterocycles. The molecule has 1 N–H and O–H groups in total. The van der Waals surface area contributed by atoms with Crippen molar-refractivity contribution in [1.82, 2.24) is 14.7 Å². The Morgan fingerprint density at radius 3 is 2.62 bits per heavy atom. The van der Waals surface area contributed by atoms with Crippen molar-refractivity contribution in [2.75, 3.05) is 6.54 Å². The number of rotatable bonds is 3. The Labute approximate surface area is 146 Å². The number of amides is 1. The number of carbonyl (C=O) groups excluding carboxylic acids is 1. The molecule has 1 aromatic carbocycles.